The van der Waals surface area contributed by atoms with Gasteiger partial charge in [-0.05, 0) is 54.6 Å². The summed E-state index contributed by atoms with van der Waals surface area (Å²) >= 11 is 5.88. The average Bonchev–Trinajstić information content (AvgIpc) is 3.30. The smallest absolute Gasteiger partial charge is 0.263 e. The van der Waals surface area contributed by atoms with E-state index in [1.807, 2.05) is 12.1 Å². The van der Waals surface area contributed by atoms with Gasteiger partial charge < -0.3 is 13.9 Å². The van der Waals surface area contributed by atoms with Crippen LogP contribution in [0.4, 0.5) is 4.39 Å². The molecule has 0 spiro atoms. The van der Waals surface area contributed by atoms with E-state index in [9.17, 15) is 14.0 Å². The first-order valence-electron chi connectivity index (χ1n) is 10.1. The van der Waals surface area contributed by atoms with Gasteiger partial charge in [0.15, 0.2) is 5.22 Å². The Bertz CT molecular complexity index is 1000. The third-order valence-electron chi connectivity index (χ3n) is 6.34. The van der Waals surface area contributed by atoms with Crippen molar-refractivity contribution in [1.29, 1.82) is 0 Å². The minimum atomic E-state index is -0.992. The Morgan fingerprint density at radius 3 is 2.76 bits per heavy atom. The van der Waals surface area contributed by atoms with Crippen LogP contribution in [0.15, 0.2) is 33.5 Å². The predicted octanol–water partition coefficient (Wildman–Crippen LogP) is 2.90. The Labute approximate surface area is 172 Å². The molecule has 0 aromatic carbocycles. The third-order valence-corrected chi connectivity index (χ3v) is 6.54. The number of hydrogen-bond donors (Lipinski definition) is 0. The first kappa shape index (κ1) is 18.9. The van der Waals surface area contributed by atoms with Gasteiger partial charge in [-0.2, -0.15) is 0 Å². The van der Waals surface area contributed by atoms with Crippen LogP contribution in [0.1, 0.15) is 40.6 Å². The van der Waals surface area contributed by atoms with Crippen LogP contribution in [0.3, 0.4) is 0 Å². The Hall–Kier alpha value is -2.12. The van der Waals surface area contributed by atoms with Crippen LogP contribution in [0.2, 0.25) is 5.22 Å². The fourth-order valence-corrected chi connectivity index (χ4v) is 5.23. The first-order chi connectivity index (χ1) is 14.0. The van der Waals surface area contributed by atoms with E-state index in [4.69, 9.17) is 16.0 Å². The van der Waals surface area contributed by atoms with E-state index in [-0.39, 0.29) is 29.5 Å². The molecule has 5 heterocycles. The summed E-state index contributed by atoms with van der Waals surface area (Å²) in [6.07, 6.45) is 0.394. The number of nitrogens with zero attached hydrogens (tertiary/aromatic N) is 3. The van der Waals surface area contributed by atoms with Crippen molar-refractivity contribution in [3.05, 3.63) is 56.9 Å². The molecule has 29 heavy (non-hydrogen) atoms. The van der Waals surface area contributed by atoms with E-state index < -0.39 is 6.17 Å². The normalized spacial score (nSPS) is 26.6. The quantitative estimate of drug-likeness (QED) is 0.767. The Balaban J connectivity index is 1.38. The highest BCUT2D eigenvalue weighted by Crippen LogP contribution is 2.36. The monoisotopic (exact) mass is 419 g/mol. The molecular weight excluding hydrogens is 397 g/mol. The van der Waals surface area contributed by atoms with Crippen LogP contribution in [0, 0.1) is 5.92 Å². The highest BCUT2D eigenvalue weighted by molar-refractivity contribution is 6.28. The maximum atomic E-state index is 13.5. The molecule has 0 N–H and O–H groups in total. The molecule has 5 rings (SSSR count). The van der Waals surface area contributed by atoms with Crippen LogP contribution in [0.25, 0.3) is 0 Å². The maximum Gasteiger partial charge on any atom is 0.263 e. The molecule has 3 aliphatic heterocycles. The number of likely N-dealkylation sites (tertiary alicyclic amines) is 2. The predicted molar refractivity (Wildman–Crippen MR) is 106 cm³/mol. The van der Waals surface area contributed by atoms with Crippen molar-refractivity contribution in [2.45, 2.75) is 38.0 Å². The number of pyridine rings is 1. The number of rotatable bonds is 3. The van der Waals surface area contributed by atoms with Gasteiger partial charge in [0.05, 0.1) is 13.1 Å². The van der Waals surface area contributed by atoms with Crippen molar-refractivity contribution in [1.82, 2.24) is 14.4 Å². The van der Waals surface area contributed by atoms with Crippen molar-refractivity contribution in [3.63, 3.8) is 0 Å². The third kappa shape index (κ3) is 3.51. The summed E-state index contributed by atoms with van der Waals surface area (Å²) in [5, 5.41) is 0.392. The molecule has 2 saturated heterocycles. The summed E-state index contributed by atoms with van der Waals surface area (Å²) in [4.78, 5) is 29.6. The molecule has 2 aromatic heterocycles. The second kappa shape index (κ2) is 7.29. The Morgan fingerprint density at radius 1 is 1.17 bits per heavy atom. The van der Waals surface area contributed by atoms with Crippen molar-refractivity contribution in [3.8, 4) is 0 Å². The lowest BCUT2D eigenvalue weighted by atomic mass is 9.83. The van der Waals surface area contributed by atoms with Crippen LogP contribution < -0.4 is 5.56 Å². The minimum absolute atomic E-state index is 0.0804. The summed E-state index contributed by atoms with van der Waals surface area (Å²) in [5.41, 5.74) is 0.899. The molecule has 0 aliphatic carbocycles. The number of aromatic nitrogens is 1. The number of carbonyl (C=O) groups is 1. The molecule has 8 heteroatoms. The van der Waals surface area contributed by atoms with Gasteiger partial charge in [-0.3, -0.25) is 14.5 Å². The number of halogens is 2. The van der Waals surface area contributed by atoms with E-state index in [1.165, 1.54) is 4.90 Å². The number of hydrogen-bond acceptors (Lipinski definition) is 4. The summed E-state index contributed by atoms with van der Waals surface area (Å²) in [7, 11) is 0. The van der Waals surface area contributed by atoms with Crippen LogP contribution in [0.5, 0.6) is 0 Å². The lowest BCUT2D eigenvalue weighted by Gasteiger charge is -2.42. The molecular formula is C21H23ClFN3O3. The van der Waals surface area contributed by atoms with Gasteiger partial charge in [0.1, 0.15) is 17.5 Å². The topological polar surface area (TPSA) is 58.7 Å². The molecule has 6 nitrogen and oxygen atoms in total. The number of amides is 1. The van der Waals surface area contributed by atoms with Crippen molar-refractivity contribution < 1.29 is 13.6 Å². The van der Waals surface area contributed by atoms with E-state index in [0.717, 1.165) is 31.0 Å². The van der Waals surface area contributed by atoms with Gasteiger partial charge in [-0.1, -0.05) is 0 Å². The molecule has 2 fully saturated rings. The van der Waals surface area contributed by atoms with Gasteiger partial charge in [0.25, 0.3) is 11.5 Å². The second-order valence-electron chi connectivity index (χ2n) is 8.42. The fraction of sp³-hybridized carbons (Fsp3) is 0.524. The number of piperidine rings is 1. The number of furan rings is 1. The van der Waals surface area contributed by atoms with E-state index in [2.05, 4.69) is 4.90 Å². The van der Waals surface area contributed by atoms with Crippen molar-refractivity contribution >= 4 is 17.5 Å². The molecule has 0 unspecified atom stereocenters. The van der Waals surface area contributed by atoms with E-state index >= 15 is 0 Å². The SMILES string of the molecule is O=C(c1ccc2n(c1=O)C[C@H]1C[C@@H]2CN(Cc2ccc(Cl)o2)C1)N1CC[C@@H](F)C1. The fourth-order valence-electron chi connectivity index (χ4n) is 5.07. The lowest BCUT2D eigenvalue weighted by Crippen LogP contribution is -2.47. The molecule has 0 saturated carbocycles. The summed E-state index contributed by atoms with van der Waals surface area (Å²) in [6.45, 7) is 3.45. The summed E-state index contributed by atoms with van der Waals surface area (Å²) < 4.78 is 20.7. The summed E-state index contributed by atoms with van der Waals surface area (Å²) in [5.74, 6) is 1.08. The highest BCUT2D eigenvalue weighted by Gasteiger charge is 2.36. The van der Waals surface area contributed by atoms with Gasteiger partial charge in [-0.25, -0.2) is 4.39 Å². The number of alkyl halides is 1. The zero-order chi connectivity index (χ0) is 20.1. The van der Waals surface area contributed by atoms with E-state index in [1.54, 1.807) is 16.7 Å². The molecule has 0 radical (unpaired) electrons. The molecule has 2 aromatic rings. The lowest BCUT2D eigenvalue weighted by molar-refractivity contribution is 0.0776. The average molecular weight is 420 g/mol. The van der Waals surface area contributed by atoms with Crippen molar-refractivity contribution in [2.75, 3.05) is 26.2 Å². The van der Waals surface area contributed by atoms with Crippen LogP contribution in [-0.4, -0.2) is 52.6 Å². The van der Waals surface area contributed by atoms with Gasteiger partial charge >= 0.3 is 0 Å². The van der Waals surface area contributed by atoms with Crippen molar-refractivity contribution in [2.24, 2.45) is 5.92 Å². The number of carbonyl (C=O) groups excluding carboxylic acids is 1. The highest BCUT2D eigenvalue weighted by atomic mass is 35.5. The van der Waals surface area contributed by atoms with Gasteiger partial charge in [0.2, 0.25) is 0 Å². The zero-order valence-corrected chi connectivity index (χ0v) is 16.8. The molecule has 3 aliphatic rings. The summed E-state index contributed by atoms with van der Waals surface area (Å²) in [6, 6.07) is 7.18. The Kier molecular flexibility index (Phi) is 4.75. The molecule has 3 atom stereocenters. The van der Waals surface area contributed by atoms with E-state index in [0.29, 0.717) is 37.2 Å². The second-order valence-corrected chi connectivity index (χ2v) is 8.80. The largest absolute Gasteiger partial charge is 0.448 e. The molecule has 154 valence electrons. The van der Waals surface area contributed by atoms with Gasteiger partial charge in [0, 0.05) is 37.8 Å². The molecule has 2 bridgehead atoms. The maximum absolute atomic E-state index is 13.5. The molecule has 1 amide bonds. The zero-order valence-electron chi connectivity index (χ0n) is 16.0. The van der Waals surface area contributed by atoms with Crippen LogP contribution in [-0.2, 0) is 13.1 Å². The standard InChI is InChI=1S/C21H23ClFN3O3/c22-19-4-1-16(29-19)12-24-8-13-7-14(10-24)18-3-2-17(21(28)26(18)9-13)20(27)25-6-5-15(23)11-25/h1-4,13-15H,5-12H2/t13-,14+,15+/m0/s1. The first-order valence-corrected chi connectivity index (χ1v) is 10.5. The number of fused-ring (bicyclic) bond motifs is 4. The van der Waals surface area contributed by atoms with Crippen LogP contribution >= 0.6 is 11.6 Å². The Morgan fingerprint density at radius 2 is 2.03 bits per heavy atom. The minimum Gasteiger partial charge on any atom is -0.448 e. The van der Waals surface area contributed by atoms with Gasteiger partial charge in [-0.15, -0.1) is 0 Å².